The normalized spacial score (nSPS) is 14.0. The van der Waals surface area contributed by atoms with E-state index >= 15 is 0 Å². The first-order valence-electron chi connectivity index (χ1n) is 29.7. The minimum atomic E-state index is -4.60. The quantitative estimate of drug-likeness (QED) is 0.0272. The summed E-state index contributed by atoms with van der Waals surface area (Å²) in [6.45, 7) is 4.67. The summed E-state index contributed by atoms with van der Waals surface area (Å²) < 4.78 is 23.3. The molecule has 0 aromatic carbocycles. The van der Waals surface area contributed by atoms with Crippen molar-refractivity contribution >= 4 is 13.7 Å². The van der Waals surface area contributed by atoms with Gasteiger partial charge in [-0.1, -0.05) is 282 Å². The number of phosphoric ester groups is 1. The molecule has 0 rings (SSSR count). The SMILES string of the molecule is CCCCCCCCCCCCCCCCCCCCCCCCC/C=C/CC/C=C/C(O)C(COP(=O)([O-])OCC[N+](C)(C)C)NC(=O)CCCCCCCCCCCCCCCCCCC. The zero-order valence-corrected chi connectivity index (χ0v) is 47.0. The Morgan fingerprint density at radius 2 is 0.824 bits per heavy atom. The van der Waals surface area contributed by atoms with Crippen molar-refractivity contribution in [2.45, 2.75) is 309 Å². The molecule has 68 heavy (non-hydrogen) atoms. The lowest BCUT2D eigenvalue weighted by Crippen LogP contribution is -2.45. The maximum Gasteiger partial charge on any atom is 0.268 e. The lowest BCUT2D eigenvalue weighted by atomic mass is 10.0. The number of likely N-dealkylation sites (N-methyl/N-ethyl adjacent to an activating group) is 1. The van der Waals surface area contributed by atoms with Crippen molar-refractivity contribution in [2.75, 3.05) is 40.9 Å². The number of nitrogens with one attached hydrogen (secondary N) is 1. The zero-order chi connectivity index (χ0) is 49.9. The number of amides is 1. The Hall–Kier alpha value is -1.02. The van der Waals surface area contributed by atoms with Crippen LogP contribution in [0, 0.1) is 0 Å². The largest absolute Gasteiger partial charge is 0.756 e. The summed E-state index contributed by atoms with van der Waals surface area (Å²) >= 11 is 0. The van der Waals surface area contributed by atoms with E-state index in [1.807, 2.05) is 27.2 Å². The second-order valence-electron chi connectivity index (χ2n) is 21.7. The van der Waals surface area contributed by atoms with Gasteiger partial charge in [0.05, 0.1) is 39.9 Å². The molecule has 0 aliphatic carbocycles. The zero-order valence-electron chi connectivity index (χ0n) is 46.1. The summed E-state index contributed by atoms with van der Waals surface area (Å²) in [5.41, 5.74) is 0. The van der Waals surface area contributed by atoms with Crippen LogP contribution in [0.15, 0.2) is 24.3 Å². The van der Waals surface area contributed by atoms with Crippen molar-refractivity contribution in [2.24, 2.45) is 0 Å². The number of nitrogens with zero attached hydrogens (tertiary/aromatic N) is 1. The molecule has 0 aromatic rings. The predicted molar refractivity (Wildman–Crippen MR) is 293 cm³/mol. The highest BCUT2D eigenvalue weighted by molar-refractivity contribution is 7.45. The van der Waals surface area contributed by atoms with Gasteiger partial charge in [-0.3, -0.25) is 9.36 Å². The summed E-state index contributed by atoms with van der Waals surface area (Å²) in [4.78, 5) is 25.5. The Bertz CT molecular complexity index is 1160. The molecular weight excluding hydrogens is 864 g/mol. The Kier molecular flexibility index (Phi) is 50.1. The van der Waals surface area contributed by atoms with Crippen molar-refractivity contribution in [1.29, 1.82) is 0 Å². The monoisotopic (exact) mass is 981 g/mol. The van der Waals surface area contributed by atoms with Crippen LogP contribution >= 0.6 is 7.82 Å². The molecule has 1 amide bonds. The van der Waals surface area contributed by atoms with Crippen LogP contribution in [0.5, 0.6) is 0 Å². The molecular formula is C59H117N2O6P. The molecule has 3 atom stereocenters. The first kappa shape index (κ1) is 67.0. The fourth-order valence-corrected chi connectivity index (χ4v) is 9.72. The third-order valence-corrected chi connectivity index (χ3v) is 14.6. The minimum absolute atomic E-state index is 0.00373. The molecule has 0 aliphatic heterocycles. The van der Waals surface area contributed by atoms with Crippen LogP contribution in [-0.2, 0) is 18.4 Å². The number of rotatable bonds is 55. The number of phosphoric acid groups is 1. The smallest absolute Gasteiger partial charge is 0.268 e. The molecule has 9 heteroatoms. The van der Waals surface area contributed by atoms with Gasteiger partial charge in [0.25, 0.3) is 7.82 Å². The molecule has 0 saturated carbocycles. The van der Waals surface area contributed by atoms with Gasteiger partial charge in [0.2, 0.25) is 5.91 Å². The number of hydrogen-bond acceptors (Lipinski definition) is 6. The summed E-state index contributed by atoms with van der Waals surface area (Å²) in [5.74, 6) is -0.202. The first-order chi connectivity index (χ1) is 33.0. The van der Waals surface area contributed by atoms with Crippen LogP contribution < -0.4 is 10.2 Å². The summed E-state index contributed by atoms with van der Waals surface area (Å²) in [6.07, 6.45) is 64.1. The van der Waals surface area contributed by atoms with Gasteiger partial charge in [0.15, 0.2) is 0 Å². The number of carbonyl (C=O) groups is 1. The van der Waals surface area contributed by atoms with Gasteiger partial charge in [-0.2, -0.15) is 0 Å². The summed E-state index contributed by atoms with van der Waals surface area (Å²) in [7, 11) is 1.26. The summed E-state index contributed by atoms with van der Waals surface area (Å²) in [5, 5.41) is 13.9. The molecule has 0 spiro atoms. The van der Waals surface area contributed by atoms with E-state index in [0.717, 1.165) is 38.5 Å². The van der Waals surface area contributed by atoms with Crippen LogP contribution in [0.2, 0.25) is 0 Å². The van der Waals surface area contributed by atoms with E-state index < -0.39 is 20.0 Å². The number of carbonyl (C=O) groups excluding carboxylic acids is 1. The van der Waals surface area contributed by atoms with Crippen LogP contribution in [0.3, 0.4) is 0 Å². The van der Waals surface area contributed by atoms with E-state index in [4.69, 9.17) is 9.05 Å². The second-order valence-corrected chi connectivity index (χ2v) is 23.1. The van der Waals surface area contributed by atoms with Crippen molar-refractivity contribution in [3.8, 4) is 0 Å². The molecule has 404 valence electrons. The number of hydrogen-bond donors (Lipinski definition) is 2. The van der Waals surface area contributed by atoms with Crippen LogP contribution in [0.1, 0.15) is 296 Å². The standard InChI is InChI=1S/C59H117N2O6P/c1-6-8-10-12-14-16-18-20-22-24-25-26-27-28-29-30-31-32-33-34-35-37-38-40-42-44-46-48-50-52-58(62)57(56-67-68(64,65)66-55-54-61(3,4)5)60-59(63)53-51-49-47-45-43-41-39-36-23-21-19-17-15-13-11-9-7-2/h42,44,50,52,57-58,62H,6-41,43,45-49,51,53-56H2,1-5H3,(H-,60,63,64,65)/b44-42+,52-50+. The predicted octanol–water partition coefficient (Wildman–Crippen LogP) is 17.4. The van der Waals surface area contributed by atoms with Gasteiger partial charge in [0, 0.05) is 6.42 Å². The van der Waals surface area contributed by atoms with E-state index in [9.17, 15) is 19.4 Å². The third-order valence-electron chi connectivity index (χ3n) is 13.7. The first-order valence-corrected chi connectivity index (χ1v) is 31.2. The maximum absolute atomic E-state index is 12.9. The Balaban J connectivity index is 4.16. The molecule has 2 N–H and O–H groups in total. The molecule has 3 unspecified atom stereocenters. The van der Waals surface area contributed by atoms with Crippen molar-refractivity contribution in [3.05, 3.63) is 24.3 Å². The van der Waals surface area contributed by atoms with E-state index in [2.05, 4.69) is 31.3 Å². The maximum atomic E-state index is 12.9. The number of aliphatic hydroxyl groups excluding tert-OH is 1. The van der Waals surface area contributed by atoms with Gasteiger partial charge in [-0.15, -0.1) is 0 Å². The van der Waals surface area contributed by atoms with Gasteiger partial charge in [-0.05, 0) is 32.1 Å². The average molecular weight is 982 g/mol. The topological polar surface area (TPSA) is 108 Å². The van der Waals surface area contributed by atoms with Gasteiger partial charge >= 0.3 is 0 Å². The van der Waals surface area contributed by atoms with Gasteiger partial charge in [-0.25, -0.2) is 0 Å². The highest BCUT2D eigenvalue weighted by atomic mass is 31.2. The van der Waals surface area contributed by atoms with E-state index in [1.54, 1.807) is 6.08 Å². The number of allylic oxidation sites excluding steroid dienone is 3. The Morgan fingerprint density at radius 1 is 0.500 bits per heavy atom. The van der Waals surface area contributed by atoms with E-state index in [1.165, 1.54) is 238 Å². The molecule has 8 nitrogen and oxygen atoms in total. The molecule has 0 aliphatic rings. The Morgan fingerprint density at radius 3 is 1.19 bits per heavy atom. The van der Waals surface area contributed by atoms with E-state index in [0.29, 0.717) is 17.4 Å². The fraction of sp³-hybridized carbons (Fsp3) is 0.915. The van der Waals surface area contributed by atoms with Crippen molar-refractivity contribution < 1.29 is 32.9 Å². The molecule has 0 bridgehead atoms. The Labute approximate surface area is 424 Å². The molecule has 0 radical (unpaired) electrons. The van der Waals surface area contributed by atoms with Crippen LogP contribution in [0.25, 0.3) is 0 Å². The molecule has 0 aromatic heterocycles. The average Bonchev–Trinajstić information content (AvgIpc) is 3.30. The second kappa shape index (κ2) is 50.9. The van der Waals surface area contributed by atoms with Gasteiger partial charge < -0.3 is 28.8 Å². The van der Waals surface area contributed by atoms with Crippen LogP contribution in [-0.4, -0.2) is 68.5 Å². The third kappa shape index (κ3) is 52.8. The number of aliphatic hydroxyl groups is 1. The highest BCUT2D eigenvalue weighted by Gasteiger charge is 2.23. The highest BCUT2D eigenvalue weighted by Crippen LogP contribution is 2.38. The van der Waals surface area contributed by atoms with Crippen molar-refractivity contribution in [1.82, 2.24) is 5.32 Å². The fourth-order valence-electron chi connectivity index (χ4n) is 9.00. The summed E-state index contributed by atoms with van der Waals surface area (Å²) in [6, 6.07) is -0.900. The number of unbranched alkanes of at least 4 members (excludes halogenated alkanes) is 40. The number of quaternary nitrogens is 1. The van der Waals surface area contributed by atoms with E-state index in [-0.39, 0.29) is 19.1 Å². The van der Waals surface area contributed by atoms with Crippen molar-refractivity contribution in [3.63, 3.8) is 0 Å². The lowest BCUT2D eigenvalue weighted by molar-refractivity contribution is -0.870. The molecule has 0 fully saturated rings. The molecule has 0 saturated heterocycles. The van der Waals surface area contributed by atoms with Gasteiger partial charge in [0.1, 0.15) is 13.2 Å². The van der Waals surface area contributed by atoms with Crippen LogP contribution in [0.4, 0.5) is 0 Å². The lowest BCUT2D eigenvalue weighted by Gasteiger charge is -2.29. The molecule has 0 heterocycles. The minimum Gasteiger partial charge on any atom is -0.756 e.